The summed E-state index contributed by atoms with van der Waals surface area (Å²) in [6.07, 6.45) is 15.5. The van der Waals surface area contributed by atoms with E-state index in [1.165, 1.54) is 11.1 Å². The van der Waals surface area contributed by atoms with Crippen LogP contribution >= 0.6 is 0 Å². The molecule has 0 bridgehead atoms. The van der Waals surface area contributed by atoms with Crippen LogP contribution in [0.15, 0.2) is 85.5 Å². The number of amides is 1. The summed E-state index contributed by atoms with van der Waals surface area (Å²) in [7, 11) is 1.65. The molecular formula is C28H31N3O2. The summed E-state index contributed by atoms with van der Waals surface area (Å²) in [5.74, 6) is 0.697. The molecule has 0 aliphatic rings. The predicted molar refractivity (Wildman–Crippen MR) is 133 cm³/mol. The number of methoxy groups -OCH3 is 1. The minimum atomic E-state index is -0.101. The van der Waals surface area contributed by atoms with Gasteiger partial charge in [-0.25, -0.2) is 0 Å². The normalized spacial score (nSPS) is 12.5. The van der Waals surface area contributed by atoms with Crippen LogP contribution < -0.4 is 10.1 Å². The second-order valence-corrected chi connectivity index (χ2v) is 8.08. The Hall–Kier alpha value is -3.73. The number of aromatic nitrogens is 2. The molecule has 1 N–H and O–H groups in total. The zero-order chi connectivity index (χ0) is 23.5. The highest BCUT2D eigenvalue weighted by Gasteiger charge is 2.07. The molecule has 0 saturated heterocycles. The van der Waals surface area contributed by atoms with Crippen LogP contribution in [0.2, 0.25) is 0 Å². The average molecular weight is 442 g/mol. The van der Waals surface area contributed by atoms with E-state index in [0.29, 0.717) is 0 Å². The number of ether oxygens (including phenoxy) is 1. The number of hydrogen-bond donors (Lipinski definition) is 1. The van der Waals surface area contributed by atoms with E-state index in [1.807, 2.05) is 68.0 Å². The van der Waals surface area contributed by atoms with E-state index in [4.69, 9.17) is 4.74 Å². The molecule has 5 nitrogen and oxygen atoms in total. The molecule has 5 heteroatoms. The fraction of sp³-hybridized carbons (Fsp3) is 0.250. The number of nitrogens with one attached hydrogen (secondary N) is 1. The summed E-state index contributed by atoms with van der Waals surface area (Å²) in [4.78, 5) is 20.9. The Morgan fingerprint density at radius 3 is 2.61 bits per heavy atom. The summed E-state index contributed by atoms with van der Waals surface area (Å²) in [5, 5.41) is 3.05. The van der Waals surface area contributed by atoms with Gasteiger partial charge in [-0.2, -0.15) is 0 Å². The van der Waals surface area contributed by atoms with Crippen molar-refractivity contribution in [1.82, 2.24) is 15.3 Å². The molecule has 0 unspecified atom stereocenters. The lowest BCUT2D eigenvalue weighted by Crippen LogP contribution is -2.31. The summed E-state index contributed by atoms with van der Waals surface area (Å²) in [6.45, 7) is 4.09. The minimum absolute atomic E-state index is 0.100. The molecule has 2 aromatic heterocycles. The molecule has 33 heavy (non-hydrogen) atoms. The molecule has 0 aliphatic carbocycles. The lowest BCUT2D eigenvalue weighted by atomic mass is 9.98. The van der Waals surface area contributed by atoms with Crippen molar-refractivity contribution in [3.8, 4) is 5.75 Å². The Morgan fingerprint density at radius 1 is 1.09 bits per heavy atom. The highest BCUT2D eigenvalue weighted by molar-refractivity contribution is 5.89. The van der Waals surface area contributed by atoms with Crippen LogP contribution in [0.3, 0.4) is 0 Å². The topological polar surface area (TPSA) is 64.1 Å². The first-order chi connectivity index (χ1) is 16.0. The first-order valence-corrected chi connectivity index (χ1v) is 11.2. The number of aryl methyl sites for hydroxylation is 2. The number of carbonyl (C=O) groups is 1. The molecule has 1 amide bonds. The van der Waals surface area contributed by atoms with Crippen molar-refractivity contribution in [1.29, 1.82) is 0 Å². The van der Waals surface area contributed by atoms with Crippen LogP contribution in [0.4, 0.5) is 0 Å². The maximum absolute atomic E-state index is 12.4. The van der Waals surface area contributed by atoms with Crippen molar-refractivity contribution in [3.05, 3.63) is 108 Å². The van der Waals surface area contributed by atoms with E-state index in [-0.39, 0.29) is 11.9 Å². The summed E-state index contributed by atoms with van der Waals surface area (Å²) in [5.41, 5.74) is 5.39. The molecule has 0 spiro atoms. The first kappa shape index (κ1) is 23.9. The van der Waals surface area contributed by atoms with Gasteiger partial charge in [0.2, 0.25) is 5.91 Å². The van der Waals surface area contributed by atoms with Crippen molar-refractivity contribution in [2.24, 2.45) is 0 Å². The van der Waals surface area contributed by atoms with Gasteiger partial charge in [0.25, 0.3) is 0 Å². The summed E-state index contributed by atoms with van der Waals surface area (Å²) in [6, 6.07) is 14.0. The Morgan fingerprint density at radius 2 is 1.91 bits per heavy atom. The van der Waals surface area contributed by atoms with E-state index >= 15 is 0 Å². The third kappa shape index (κ3) is 7.72. The molecule has 0 aliphatic heterocycles. The molecule has 1 aromatic carbocycles. The number of allylic oxidation sites excluding steroid dienone is 2. The number of carbonyl (C=O) groups excluding carboxylic acids is 1. The van der Waals surface area contributed by atoms with Gasteiger partial charge in [0, 0.05) is 42.5 Å². The summed E-state index contributed by atoms with van der Waals surface area (Å²) >= 11 is 0. The maximum atomic E-state index is 12.4. The highest BCUT2D eigenvalue weighted by Crippen LogP contribution is 2.25. The standard InChI is InChI=1S/C28H31N3O2/c1-21-17-23(19-30-18-21)8-4-7-22(2)31-28(32)11-5-10-27(25-9-6-16-29-20-25)24-12-14-26(33-3)15-13-24/h5-6,9-20,22H,4,7-8H2,1-3H3,(H,31,32)/b11-5+,27-10+/t22-/m1/s1. The van der Waals surface area contributed by atoms with Crippen LogP contribution in [-0.4, -0.2) is 29.0 Å². The van der Waals surface area contributed by atoms with Crippen LogP contribution in [0, 0.1) is 6.92 Å². The van der Waals surface area contributed by atoms with Gasteiger partial charge >= 0.3 is 0 Å². The van der Waals surface area contributed by atoms with Crippen LogP contribution in [0.1, 0.15) is 42.0 Å². The van der Waals surface area contributed by atoms with E-state index in [9.17, 15) is 4.79 Å². The first-order valence-electron chi connectivity index (χ1n) is 11.2. The van der Waals surface area contributed by atoms with E-state index < -0.39 is 0 Å². The van der Waals surface area contributed by atoms with E-state index in [2.05, 4.69) is 28.3 Å². The van der Waals surface area contributed by atoms with Crippen molar-refractivity contribution in [2.45, 2.75) is 39.2 Å². The van der Waals surface area contributed by atoms with Gasteiger partial charge in [-0.3, -0.25) is 14.8 Å². The number of nitrogens with zero attached hydrogens (tertiary/aromatic N) is 2. The third-order valence-corrected chi connectivity index (χ3v) is 5.31. The van der Waals surface area contributed by atoms with Gasteiger partial charge in [0.15, 0.2) is 0 Å². The van der Waals surface area contributed by atoms with E-state index in [1.54, 1.807) is 25.5 Å². The Labute approximate surface area is 196 Å². The van der Waals surface area contributed by atoms with Gasteiger partial charge in [0.1, 0.15) is 5.75 Å². The maximum Gasteiger partial charge on any atom is 0.244 e. The number of pyridine rings is 2. The van der Waals surface area contributed by atoms with Gasteiger partial charge in [0.05, 0.1) is 7.11 Å². The van der Waals surface area contributed by atoms with Crippen molar-refractivity contribution < 1.29 is 9.53 Å². The molecular weight excluding hydrogens is 410 g/mol. The molecule has 0 radical (unpaired) electrons. The number of hydrogen-bond acceptors (Lipinski definition) is 4. The average Bonchev–Trinajstić information content (AvgIpc) is 2.82. The van der Waals surface area contributed by atoms with Gasteiger partial charge in [-0.05, 0) is 73.6 Å². The van der Waals surface area contributed by atoms with Gasteiger partial charge in [-0.1, -0.05) is 36.4 Å². The largest absolute Gasteiger partial charge is 0.497 e. The molecule has 0 saturated carbocycles. The molecule has 3 aromatic rings. The Bertz CT molecular complexity index is 1090. The fourth-order valence-electron chi connectivity index (χ4n) is 3.61. The minimum Gasteiger partial charge on any atom is -0.497 e. The molecule has 170 valence electrons. The lowest BCUT2D eigenvalue weighted by Gasteiger charge is -2.12. The van der Waals surface area contributed by atoms with Gasteiger partial charge in [-0.15, -0.1) is 0 Å². The van der Waals surface area contributed by atoms with Crippen molar-refractivity contribution in [3.63, 3.8) is 0 Å². The molecule has 1 atom stereocenters. The van der Waals surface area contributed by atoms with Crippen LogP contribution in [0.5, 0.6) is 5.75 Å². The van der Waals surface area contributed by atoms with Gasteiger partial charge < -0.3 is 10.1 Å². The quantitative estimate of drug-likeness (QED) is 0.342. The van der Waals surface area contributed by atoms with Crippen LogP contribution in [-0.2, 0) is 11.2 Å². The summed E-state index contributed by atoms with van der Waals surface area (Å²) < 4.78 is 5.26. The molecule has 0 fully saturated rings. The SMILES string of the molecule is COc1ccc(/C(=C\C=C\C(=O)N[C@H](C)CCCc2cncc(C)c2)c2cccnc2)cc1. The second-order valence-electron chi connectivity index (χ2n) is 8.08. The zero-order valence-corrected chi connectivity index (χ0v) is 19.5. The lowest BCUT2D eigenvalue weighted by molar-refractivity contribution is -0.117. The second kappa shape index (κ2) is 12.3. The predicted octanol–water partition coefficient (Wildman–Crippen LogP) is 5.31. The molecule has 3 rings (SSSR count). The molecule has 2 heterocycles. The fourth-order valence-corrected chi connectivity index (χ4v) is 3.61. The van der Waals surface area contributed by atoms with Crippen molar-refractivity contribution >= 4 is 11.5 Å². The smallest absolute Gasteiger partial charge is 0.244 e. The number of rotatable bonds is 10. The highest BCUT2D eigenvalue weighted by atomic mass is 16.5. The third-order valence-electron chi connectivity index (χ3n) is 5.31. The monoisotopic (exact) mass is 441 g/mol. The zero-order valence-electron chi connectivity index (χ0n) is 19.5. The Kier molecular flexibility index (Phi) is 8.95. The number of benzene rings is 1. The Balaban J connectivity index is 1.59. The van der Waals surface area contributed by atoms with Crippen molar-refractivity contribution in [2.75, 3.05) is 7.11 Å². The van der Waals surface area contributed by atoms with Crippen LogP contribution in [0.25, 0.3) is 5.57 Å². The van der Waals surface area contributed by atoms with E-state index in [0.717, 1.165) is 41.7 Å².